The standard InChI is InChI=1S/C19H22F2N4O3/c1-2-6-22-16(26)11-24-7-3-8-25-18(24)10-17(23-19(25)27)28-12-13-4-5-14(20)15(21)9-13/h4-5,9-10H,2-3,6-8,11-12H2,1H3,(H,22,26). The summed E-state index contributed by atoms with van der Waals surface area (Å²) in [7, 11) is 0. The van der Waals surface area contributed by atoms with E-state index in [4.69, 9.17) is 4.74 Å². The molecule has 0 bridgehead atoms. The normalized spacial score (nSPS) is 13.2. The maximum absolute atomic E-state index is 13.3. The molecule has 1 aliphatic rings. The van der Waals surface area contributed by atoms with Gasteiger partial charge in [-0.3, -0.25) is 9.36 Å². The van der Waals surface area contributed by atoms with E-state index in [1.165, 1.54) is 10.6 Å². The van der Waals surface area contributed by atoms with Gasteiger partial charge >= 0.3 is 5.69 Å². The van der Waals surface area contributed by atoms with Crippen molar-refractivity contribution in [2.45, 2.75) is 32.9 Å². The van der Waals surface area contributed by atoms with Gasteiger partial charge in [0, 0.05) is 25.7 Å². The van der Waals surface area contributed by atoms with Gasteiger partial charge in [0.15, 0.2) is 11.6 Å². The summed E-state index contributed by atoms with van der Waals surface area (Å²) in [5.74, 6) is -1.40. The highest BCUT2D eigenvalue weighted by Gasteiger charge is 2.22. The summed E-state index contributed by atoms with van der Waals surface area (Å²) in [5.41, 5.74) is -0.0641. The highest BCUT2D eigenvalue weighted by molar-refractivity contribution is 5.81. The van der Waals surface area contributed by atoms with Crippen LogP contribution in [0, 0.1) is 11.6 Å². The quantitative estimate of drug-likeness (QED) is 0.778. The van der Waals surface area contributed by atoms with Crippen LogP contribution in [0.25, 0.3) is 0 Å². The molecule has 7 nitrogen and oxygen atoms in total. The molecule has 1 amide bonds. The number of halogens is 2. The van der Waals surface area contributed by atoms with Crippen molar-refractivity contribution in [1.29, 1.82) is 0 Å². The van der Waals surface area contributed by atoms with Crippen LogP contribution in [-0.2, 0) is 17.9 Å². The number of nitrogens with one attached hydrogen (secondary N) is 1. The molecule has 1 aliphatic heterocycles. The Labute approximate surface area is 160 Å². The molecule has 1 aromatic heterocycles. The van der Waals surface area contributed by atoms with Crippen LogP contribution in [0.3, 0.4) is 0 Å². The van der Waals surface area contributed by atoms with Gasteiger partial charge in [-0.2, -0.15) is 4.98 Å². The molecule has 0 spiro atoms. The molecule has 28 heavy (non-hydrogen) atoms. The van der Waals surface area contributed by atoms with Crippen molar-refractivity contribution in [2.75, 3.05) is 24.5 Å². The number of carbonyl (C=O) groups excluding carboxylic acids is 1. The fraction of sp³-hybridized carbons (Fsp3) is 0.421. The zero-order valence-electron chi connectivity index (χ0n) is 15.6. The Kier molecular flexibility index (Phi) is 6.23. The summed E-state index contributed by atoms with van der Waals surface area (Å²) in [4.78, 5) is 30.1. The first kappa shape index (κ1) is 19.8. The number of benzene rings is 1. The smallest absolute Gasteiger partial charge is 0.352 e. The van der Waals surface area contributed by atoms with E-state index >= 15 is 0 Å². The molecule has 0 unspecified atom stereocenters. The number of anilines is 1. The maximum Gasteiger partial charge on any atom is 0.352 e. The Morgan fingerprint density at radius 3 is 2.82 bits per heavy atom. The van der Waals surface area contributed by atoms with E-state index in [-0.39, 0.29) is 24.9 Å². The highest BCUT2D eigenvalue weighted by Crippen LogP contribution is 2.22. The monoisotopic (exact) mass is 392 g/mol. The molecule has 0 fully saturated rings. The van der Waals surface area contributed by atoms with Crippen LogP contribution in [0.1, 0.15) is 25.3 Å². The SMILES string of the molecule is CCCNC(=O)CN1CCCn2c1cc(OCc1ccc(F)c(F)c1)nc2=O. The van der Waals surface area contributed by atoms with Crippen molar-refractivity contribution in [3.8, 4) is 5.88 Å². The summed E-state index contributed by atoms with van der Waals surface area (Å²) in [6.07, 6.45) is 1.57. The van der Waals surface area contributed by atoms with E-state index in [9.17, 15) is 18.4 Å². The van der Waals surface area contributed by atoms with Crippen molar-refractivity contribution in [3.63, 3.8) is 0 Å². The number of rotatable bonds is 7. The minimum absolute atomic E-state index is 0.0654. The van der Waals surface area contributed by atoms with E-state index in [1.54, 1.807) is 6.07 Å². The lowest BCUT2D eigenvalue weighted by Gasteiger charge is -2.31. The average Bonchev–Trinajstić information content (AvgIpc) is 2.68. The van der Waals surface area contributed by atoms with Gasteiger partial charge in [0.2, 0.25) is 11.8 Å². The van der Waals surface area contributed by atoms with Crippen LogP contribution in [0.5, 0.6) is 5.88 Å². The molecule has 1 N–H and O–H groups in total. The number of nitrogens with zero attached hydrogens (tertiary/aromatic N) is 3. The second-order valence-corrected chi connectivity index (χ2v) is 6.55. The molecule has 2 heterocycles. The minimum atomic E-state index is -0.969. The van der Waals surface area contributed by atoms with E-state index < -0.39 is 17.3 Å². The lowest BCUT2D eigenvalue weighted by molar-refractivity contribution is -0.119. The summed E-state index contributed by atoms with van der Waals surface area (Å²) in [6, 6.07) is 5.03. The Morgan fingerprint density at radius 2 is 2.07 bits per heavy atom. The van der Waals surface area contributed by atoms with Crippen LogP contribution in [0.4, 0.5) is 14.6 Å². The van der Waals surface area contributed by atoms with Crippen molar-refractivity contribution in [1.82, 2.24) is 14.9 Å². The lowest BCUT2D eigenvalue weighted by Crippen LogP contribution is -2.44. The molecule has 150 valence electrons. The molecule has 3 rings (SSSR count). The molecule has 0 saturated carbocycles. The zero-order valence-corrected chi connectivity index (χ0v) is 15.6. The molecule has 0 aliphatic carbocycles. The first-order chi connectivity index (χ1) is 13.5. The number of amides is 1. The van der Waals surface area contributed by atoms with Gasteiger partial charge < -0.3 is 15.0 Å². The van der Waals surface area contributed by atoms with Gasteiger partial charge in [0.05, 0.1) is 6.54 Å². The van der Waals surface area contributed by atoms with Crippen LogP contribution in [-0.4, -0.2) is 35.1 Å². The topological polar surface area (TPSA) is 76.5 Å². The summed E-state index contributed by atoms with van der Waals surface area (Å²) < 4.78 is 33.3. The number of fused-ring (bicyclic) bond motifs is 1. The second kappa shape index (κ2) is 8.81. The third-order valence-electron chi connectivity index (χ3n) is 4.38. The van der Waals surface area contributed by atoms with Crippen LogP contribution in [0.15, 0.2) is 29.1 Å². The fourth-order valence-corrected chi connectivity index (χ4v) is 2.99. The number of hydrogen-bond donors (Lipinski definition) is 1. The molecule has 0 saturated heterocycles. The lowest BCUT2D eigenvalue weighted by atomic mass is 10.2. The molecule has 2 aromatic rings. The number of ether oxygens (including phenoxy) is 1. The minimum Gasteiger partial charge on any atom is -0.473 e. The first-order valence-electron chi connectivity index (χ1n) is 9.18. The Morgan fingerprint density at radius 1 is 1.25 bits per heavy atom. The predicted octanol–water partition coefficient (Wildman–Crippen LogP) is 1.84. The molecule has 1 aromatic carbocycles. The Balaban J connectivity index is 1.76. The Bertz CT molecular complexity index is 917. The largest absolute Gasteiger partial charge is 0.473 e. The van der Waals surface area contributed by atoms with E-state index in [1.807, 2.05) is 11.8 Å². The first-order valence-corrected chi connectivity index (χ1v) is 9.18. The molecule has 0 radical (unpaired) electrons. The second-order valence-electron chi connectivity index (χ2n) is 6.55. The van der Waals surface area contributed by atoms with Gasteiger partial charge in [-0.1, -0.05) is 13.0 Å². The van der Waals surface area contributed by atoms with Gasteiger partial charge in [0.1, 0.15) is 12.4 Å². The van der Waals surface area contributed by atoms with E-state index in [0.29, 0.717) is 31.0 Å². The van der Waals surface area contributed by atoms with Crippen LogP contribution < -0.4 is 20.6 Å². The predicted molar refractivity (Wildman–Crippen MR) is 99.3 cm³/mol. The van der Waals surface area contributed by atoms with Crippen molar-refractivity contribution >= 4 is 11.7 Å². The zero-order chi connectivity index (χ0) is 20.1. The highest BCUT2D eigenvalue weighted by atomic mass is 19.2. The third-order valence-corrected chi connectivity index (χ3v) is 4.38. The molecular weight excluding hydrogens is 370 g/mol. The van der Waals surface area contributed by atoms with Gasteiger partial charge in [-0.25, -0.2) is 13.6 Å². The molecule has 0 atom stereocenters. The van der Waals surface area contributed by atoms with Crippen molar-refractivity contribution < 1.29 is 18.3 Å². The fourth-order valence-electron chi connectivity index (χ4n) is 2.99. The summed E-state index contributed by atoms with van der Waals surface area (Å²) >= 11 is 0. The summed E-state index contributed by atoms with van der Waals surface area (Å²) in [5, 5.41) is 2.82. The Hall–Kier alpha value is -2.97. The van der Waals surface area contributed by atoms with Gasteiger partial charge in [-0.05, 0) is 30.5 Å². The van der Waals surface area contributed by atoms with Crippen LogP contribution in [0.2, 0.25) is 0 Å². The van der Waals surface area contributed by atoms with E-state index in [0.717, 1.165) is 25.0 Å². The number of hydrogen-bond acceptors (Lipinski definition) is 5. The van der Waals surface area contributed by atoms with Gasteiger partial charge in [0.25, 0.3) is 0 Å². The molecular formula is C19H22F2N4O3. The third kappa shape index (κ3) is 4.65. The molecule has 9 heteroatoms. The van der Waals surface area contributed by atoms with E-state index in [2.05, 4.69) is 10.3 Å². The van der Waals surface area contributed by atoms with Crippen molar-refractivity contribution in [2.24, 2.45) is 0 Å². The average molecular weight is 392 g/mol. The maximum atomic E-state index is 13.3. The van der Waals surface area contributed by atoms with Gasteiger partial charge in [-0.15, -0.1) is 0 Å². The number of carbonyl (C=O) groups is 1. The van der Waals surface area contributed by atoms with Crippen molar-refractivity contribution in [3.05, 3.63) is 51.9 Å². The number of aromatic nitrogens is 2. The van der Waals surface area contributed by atoms with Crippen LogP contribution >= 0.6 is 0 Å². The summed E-state index contributed by atoms with van der Waals surface area (Å²) in [6.45, 7) is 3.77.